The molecular weight excluding hydrogens is 767 g/mol. The minimum atomic E-state index is -0.280. The van der Waals surface area contributed by atoms with E-state index in [0.717, 1.165) is 38.4 Å². The maximum absolute atomic E-state index is 11.4. The Kier molecular flexibility index (Phi) is 22.9. The Labute approximate surface area is 369 Å². The van der Waals surface area contributed by atoms with Gasteiger partial charge in [0.1, 0.15) is 17.2 Å². The summed E-state index contributed by atoms with van der Waals surface area (Å²) in [5.74, 6) is 1.34. The molecule has 0 unspecified atom stereocenters. The average molecular weight is 847 g/mol. The van der Waals surface area contributed by atoms with Crippen molar-refractivity contribution in [2.75, 3.05) is 14.1 Å². The first-order valence-corrected chi connectivity index (χ1v) is 20.6. The van der Waals surface area contributed by atoms with Crippen LogP contribution in [-0.4, -0.2) is 62.1 Å². The number of carbonyl (C=O) groups excluding carboxylic acids is 2. The fourth-order valence-corrected chi connectivity index (χ4v) is 6.38. The van der Waals surface area contributed by atoms with Crippen molar-refractivity contribution in [1.82, 2.24) is 10.1 Å². The third-order valence-electron chi connectivity index (χ3n) is 11.4. The standard InChI is InChI=1S/2C11H16O.C10H12O2.C9H12O.C8H18NO.C2H6N2O/c2*1-6-7(2)9(4)11(12)10(5)8(6)3;1-5-6(2)10(12)8(4)7(3)9(5)11;1-6-4-7(2)9(10)8(3)5-6;1-7(2,3)9(10)8(4,5)6;1-4(2)3-5/h2*12H,1-5H3;1-4H3;4-5,10H,1-3H3;1-6H3;1-2H3/q;;;;-1;. The fraction of sp³-hybridized carbons (Fsp3) is 0.529. The number of phenolic OH excluding ortho intramolecular Hbond substituents is 3. The number of hydroxylamine groups is 2. The van der Waals surface area contributed by atoms with Crippen LogP contribution in [0.3, 0.4) is 0 Å². The van der Waals surface area contributed by atoms with E-state index >= 15 is 0 Å². The lowest BCUT2D eigenvalue weighted by atomic mass is 9.87. The van der Waals surface area contributed by atoms with Crippen LogP contribution in [0.15, 0.2) is 39.7 Å². The Morgan fingerprint density at radius 2 is 0.639 bits per heavy atom. The molecule has 0 spiro atoms. The summed E-state index contributed by atoms with van der Waals surface area (Å²) in [4.78, 5) is 32.0. The molecule has 0 bridgehead atoms. The number of rotatable bonds is 1. The second kappa shape index (κ2) is 24.0. The maximum Gasteiger partial charge on any atom is 0.185 e. The maximum atomic E-state index is 11.4. The molecule has 10 nitrogen and oxygen atoms in total. The van der Waals surface area contributed by atoms with E-state index in [1.807, 2.05) is 102 Å². The van der Waals surface area contributed by atoms with E-state index < -0.39 is 0 Å². The number of carbonyl (C=O) groups is 2. The summed E-state index contributed by atoms with van der Waals surface area (Å²) in [6.45, 7) is 44.4. The van der Waals surface area contributed by atoms with Crippen LogP contribution in [0.1, 0.15) is 142 Å². The lowest BCUT2D eigenvalue weighted by Gasteiger charge is -2.51. The normalized spacial score (nSPS) is 12.4. The van der Waals surface area contributed by atoms with Crippen LogP contribution >= 0.6 is 0 Å². The van der Waals surface area contributed by atoms with Gasteiger partial charge >= 0.3 is 0 Å². The summed E-state index contributed by atoms with van der Waals surface area (Å²) in [5, 5.41) is 44.9. The SMILES string of the molecule is CC(C)(C)N([O-])C(C)(C)C.CC1=C(C)C(=O)C(C)=C(C)C1=O.CN(C)N=O.Cc1c(C)c(C)c(O)c(C)c1C.Cc1c(C)c(C)c(O)c(C)c1C.Cc1cc(C)c(O)c(C)c1. The Balaban J connectivity index is 0. The molecule has 0 fully saturated rings. The van der Waals surface area contributed by atoms with Crippen molar-refractivity contribution in [1.29, 1.82) is 0 Å². The second-order valence-corrected chi connectivity index (χ2v) is 18.4. The van der Waals surface area contributed by atoms with Crippen LogP contribution in [0.4, 0.5) is 0 Å². The summed E-state index contributed by atoms with van der Waals surface area (Å²) in [6, 6.07) is 3.95. The first-order chi connectivity index (χ1) is 27.4. The molecule has 0 amide bonds. The summed E-state index contributed by atoms with van der Waals surface area (Å²) in [5.41, 5.74) is 16.3. The predicted molar refractivity (Wildman–Crippen MR) is 257 cm³/mol. The molecule has 0 aromatic heterocycles. The number of ketones is 2. The first-order valence-electron chi connectivity index (χ1n) is 20.6. The number of Topliss-reactive ketones (excluding diaryl/α,β-unsaturated/α-hetero) is 2. The van der Waals surface area contributed by atoms with Crippen LogP contribution in [0.2, 0.25) is 0 Å². The van der Waals surface area contributed by atoms with Gasteiger partial charge in [0.15, 0.2) is 11.6 Å². The smallest absolute Gasteiger partial charge is 0.185 e. The number of phenols is 3. The van der Waals surface area contributed by atoms with E-state index in [1.54, 1.807) is 41.8 Å². The summed E-state index contributed by atoms with van der Waals surface area (Å²) >= 11 is 0. The molecule has 1 aliphatic carbocycles. The van der Waals surface area contributed by atoms with Gasteiger partial charge in [-0.25, -0.2) is 0 Å². The average Bonchev–Trinajstić information content (AvgIpc) is 3.19. The largest absolute Gasteiger partial charge is 0.784 e. The van der Waals surface area contributed by atoms with Gasteiger partial charge in [0.2, 0.25) is 0 Å². The van der Waals surface area contributed by atoms with E-state index in [1.165, 1.54) is 44.0 Å². The number of nitroso groups, excluding NO2 is 1. The zero-order valence-electron chi connectivity index (χ0n) is 42.5. The van der Waals surface area contributed by atoms with Gasteiger partial charge < -0.3 is 25.6 Å². The lowest BCUT2D eigenvalue weighted by Crippen LogP contribution is -2.48. The molecule has 0 radical (unpaired) electrons. The highest BCUT2D eigenvalue weighted by Gasteiger charge is 2.25. The molecule has 4 rings (SSSR count). The third-order valence-corrected chi connectivity index (χ3v) is 11.4. The van der Waals surface area contributed by atoms with Gasteiger partial charge in [-0.15, -0.1) is 4.91 Å². The Morgan fingerprint density at radius 1 is 0.443 bits per heavy atom. The summed E-state index contributed by atoms with van der Waals surface area (Å²) < 4.78 is 0. The van der Waals surface area contributed by atoms with Crippen LogP contribution < -0.4 is 0 Å². The number of aromatic hydroxyl groups is 3. The zero-order chi connectivity index (χ0) is 49.0. The molecule has 0 aliphatic heterocycles. The van der Waals surface area contributed by atoms with Crippen molar-refractivity contribution in [2.24, 2.45) is 5.29 Å². The molecule has 3 aromatic rings. The van der Waals surface area contributed by atoms with Crippen molar-refractivity contribution >= 4 is 11.6 Å². The van der Waals surface area contributed by atoms with E-state index in [2.05, 4.69) is 46.8 Å². The zero-order valence-corrected chi connectivity index (χ0v) is 42.5. The number of hydrogen-bond acceptors (Lipinski definition) is 9. The van der Waals surface area contributed by atoms with Crippen molar-refractivity contribution in [3.05, 3.63) is 117 Å². The van der Waals surface area contributed by atoms with E-state index in [-0.39, 0.29) is 22.6 Å². The minimum absolute atomic E-state index is 0.00426. The van der Waals surface area contributed by atoms with Gasteiger partial charge in [-0.3, -0.25) is 14.6 Å². The molecule has 3 N–H and O–H groups in total. The highest BCUT2D eigenvalue weighted by Crippen LogP contribution is 2.32. The lowest BCUT2D eigenvalue weighted by molar-refractivity contribution is -0.116. The van der Waals surface area contributed by atoms with Crippen molar-refractivity contribution in [2.45, 2.75) is 170 Å². The quantitative estimate of drug-likeness (QED) is 0.123. The summed E-state index contributed by atoms with van der Waals surface area (Å²) in [6.07, 6.45) is 0. The fourth-order valence-electron chi connectivity index (χ4n) is 6.38. The highest BCUT2D eigenvalue weighted by molar-refractivity contribution is 6.24. The van der Waals surface area contributed by atoms with E-state index in [4.69, 9.17) is 0 Å². The number of benzene rings is 3. The number of hydrogen-bond donors (Lipinski definition) is 3. The van der Waals surface area contributed by atoms with Crippen LogP contribution in [0.25, 0.3) is 0 Å². The van der Waals surface area contributed by atoms with Gasteiger partial charge in [-0.2, -0.15) is 0 Å². The molecule has 3 aromatic carbocycles. The first kappa shape index (κ1) is 58.3. The van der Waals surface area contributed by atoms with Gasteiger partial charge in [0.05, 0.1) is 5.29 Å². The molecule has 342 valence electrons. The van der Waals surface area contributed by atoms with Crippen molar-refractivity contribution in [3.8, 4) is 17.2 Å². The van der Waals surface area contributed by atoms with Crippen molar-refractivity contribution < 1.29 is 24.9 Å². The Hall–Kier alpha value is -4.80. The minimum Gasteiger partial charge on any atom is -0.784 e. The van der Waals surface area contributed by atoms with Gasteiger partial charge in [-0.05, 0) is 226 Å². The molecule has 0 atom stereocenters. The van der Waals surface area contributed by atoms with Gasteiger partial charge in [0, 0.05) is 47.5 Å². The Bertz CT molecular complexity index is 1730. The molecule has 1 aliphatic rings. The summed E-state index contributed by atoms with van der Waals surface area (Å²) in [7, 11) is 3.15. The number of allylic oxidation sites excluding steroid dienone is 4. The van der Waals surface area contributed by atoms with Crippen LogP contribution in [0.5, 0.6) is 17.2 Å². The molecule has 61 heavy (non-hydrogen) atoms. The topological polar surface area (TPSA) is 154 Å². The molecule has 0 saturated heterocycles. The number of nitrogens with zero attached hydrogens (tertiary/aromatic N) is 3. The molecule has 0 saturated carbocycles. The molecule has 0 heterocycles. The highest BCUT2D eigenvalue weighted by atomic mass is 16.5. The van der Waals surface area contributed by atoms with Crippen LogP contribution in [0, 0.1) is 100 Å². The molecule has 10 heteroatoms. The van der Waals surface area contributed by atoms with Gasteiger partial charge in [0.25, 0.3) is 0 Å². The van der Waals surface area contributed by atoms with Crippen molar-refractivity contribution in [3.63, 3.8) is 0 Å². The van der Waals surface area contributed by atoms with E-state index in [9.17, 15) is 35.0 Å². The Morgan fingerprint density at radius 3 is 0.803 bits per heavy atom. The predicted octanol–water partition coefficient (Wildman–Crippen LogP) is 12.6. The second-order valence-electron chi connectivity index (χ2n) is 18.4. The third kappa shape index (κ3) is 16.5. The molecular formula is C51H80N3O7-. The van der Waals surface area contributed by atoms with E-state index in [0.29, 0.717) is 39.5 Å². The van der Waals surface area contributed by atoms with Gasteiger partial charge in [-0.1, -0.05) is 17.7 Å². The van der Waals surface area contributed by atoms with Crippen LogP contribution in [-0.2, 0) is 9.59 Å². The number of aryl methyl sites for hydroxylation is 3. The monoisotopic (exact) mass is 847 g/mol.